The molecule has 1 atom stereocenters. The minimum atomic E-state index is 0. The number of amides is 1. The number of hydrogen-bond acceptors (Lipinski definition) is 3. The molecule has 1 amide bonds. The number of carbonyl (C=O) groups excluding carboxylic acids is 1. The van der Waals surface area contributed by atoms with Crippen LogP contribution in [-0.4, -0.2) is 35.4 Å². The minimum Gasteiger partial charge on any atom is -0.338 e. The fraction of sp³-hybridized carbons (Fsp3) is 0.474. The van der Waals surface area contributed by atoms with E-state index >= 15 is 0 Å². The van der Waals surface area contributed by atoms with Gasteiger partial charge in [-0.3, -0.25) is 9.78 Å². The third-order valence-corrected chi connectivity index (χ3v) is 5.81. The van der Waals surface area contributed by atoms with Gasteiger partial charge in [-0.25, -0.2) is 0 Å². The molecule has 2 fully saturated rings. The number of pyridine rings is 1. The summed E-state index contributed by atoms with van der Waals surface area (Å²) in [7, 11) is 0. The molecule has 1 unspecified atom stereocenters. The minimum absolute atomic E-state index is 0. The number of hydrogen-bond donors (Lipinski definition) is 1. The third-order valence-electron chi connectivity index (χ3n) is 5.31. The van der Waals surface area contributed by atoms with Crippen LogP contribution in [0, 0.1) is 12.8 Å². The topological polar surface area (TPSA) is 59.2 Å². The molecular weight excluding hydrogens is 437 g/mol. The van der Waals surface area contributed by atoms with Crippen molar-refractivity contribution in [3.05, 3.63) is 39.5 Å². The van der Waals surface area contributed by atoms with Crippen molar-refractivity contribution in [3.63, 3.8) is 0 Å². The Morgan fingerprint density at radius 3 is 2.65 bits per heavy atom. The predicted octanol–water partition coefficient (Wildman–Crippen LogP) is 4.45. The Balaban J connectivity index is 0.00000121. The van der Waals surface area contributed by atoms with Gasteiger partial charge in [0.1, 0.15) is 0 Å². The number of aromatic nitrogens is 1. The van der Waals surface area contributed by atoms with Gasteiger partial charge < -0.3 is 10.6 Å². The predicted molar refractivity (Wildman–Crippen MR) is 114 cm³/mol. The van der Waals surface area contributed by atoms with Gasteiger partial charge in [0.15, 0.2) is 0 Å². The van der Waals surface area contributed by atoms with E-state index < -0.39 is 0 Å². The highest BCUT2D eigenvalue weighted by Gasteiger charge is 2.32. The molecule has 1 aromatic heterocycles. The lowest BCUT2D eigenvalue weighted by atomic mass is 9.98. The van der Waals surface area contributed by atoms with Crippen LogP contribution in [0.5, 0.6) is 0 Å². The van der Waals surface area contributed by atoms with Gasteiger partial charge in [0, 0.05) is 34.6 Å². The Kier molecular flexibility index (Phi) is 6.94. The molecule has 4 rings (SSSR count). The number of nitrogens with zero attached hydrogens (tertiary/aromatic N) is 2. The summed E-state index contributed by atoms with van der Waals surface area (Å²) in [6, 6.07) is 6.03. The van der Waals surface area contributed by atoms with E-state index in [1.165, 1.54) is 12.8 Å². The number of likely N-dealkylation sites (tertiary alicyclic amines) is 1. The summed E-state index contributed by atoms with van der Waals surface area (Å²) in [4.78, 5) is 20.1. The van der Waals surface area contributed by atoms with Crippen LogP contribution in [0.3, 0.4) is 0 Å². The normalized spacial score (nSPS) is 19.2. The number of fused-ring (bicyclic) bond motifs is 1. The maximum absolute atomic E-state index is 13.3. The van der Waals surface area contributed by atoms with Crippen LogP contribution in [0.4, 0.5) is 0 Å². The fourth-order valence-corrected chi connectivity index (χ4v) is 4.11. The first-order chi connectivity index (χ1) is 11.6. The van der Waals surface area contributed by atoms with Crippen molar-refractivity contribution >= 4 is 57.6 Å². The van der Waals surface area contributed by atoms with E-state index in [9.17, 15) is 4.79 Å². The second kappa shape index (κ2) is 8.42. The number of carbonyl (C=O) groups is 1. The molecule has 142 valence electrons. The zero-order valence-corrected chi connectivity index (χ0v) is 17.9. The molecule has 2 N–H and O–H groups in total. The zero-order valence-electron chi connectivity index (χ0n) is 14.7. The number of benzene rings is 1. The molecule has 2 heterocycles. The number of rotatable bonds is 3. The van der Waals surface area contributed by atoms with Crippen molar-refractivity contribution in [1.82, 2.24) is 9.88 Å². The summed E-state index contributed by atoms with van der Waals surface area (Å²) in [5, 5.41) is 0.951. The summed E-state index contributed by atoms with van der Waals surface area (Å²) >= 11 is 3.54. The second-order valence-corrected chi connectivity index (χ2v) is 7.99. The smallest absolute Gasteiger partial charge is 0.254 e. The first kappa shape index (κ1) is 21.4. The SMILES string of the molecule is Cc1c(C2CC2)nc2ccc(Br)cc2c1C(=O)N1CCC(CN)C1.Cl.Cl. The quantitative estimate of drug-likeness (QED) is 0.735. The lowest BCUT2D eigenvalue weighted by molar-refractivity contribution is 0.0788. The maximum atomic E-state index is 13.3. The van der Waals surface area contributed by atoms with Crippen molar-refractivity contribution in [1.29, 1.82) is 0 Å². The van der Waals surface area contributed by atoms with Gasteiger partial charge in [-0.15, -0.1) is 24.8 Å². The molecule has 1 aliphatic heterocycles. The highest BCUT2D eigenvalue weighted by molar-refractivity contribution is 9.10. The van der Waals surface area contributed by atoms with E-state index in [0.717, 1.165) is 51.7 Å². The molecule has 2 aromatic rings. The second-order valence-electron chi connectivity index (χ2n) is 7.07. The molecular formula is C19H24BrCl2N3O. The highest BCUT2D eigenvalue weighted by Crippen LogP contribution is 2.42. The monoisotopic (exact) mass is 459 g/mol. The van der Waals surface area contributed by atoms with Crippen LogP contribution in [0.25, 0.3) is 10.9 Å². The molecule has 1 aromatic carbocycles. The van der Waals surface area contributed by atoms with Crippen molar-refractivity contribution in [2.24, 2.45) is 11.7 Å². The van der Waals surface area contributed by atoms with E-state index in [-0.39, 0.29) is 30.7 Å². The molecule has 26 heavy (non-hydrogen) atoms. The average molecular weight is 461 g/mol. The lowest BCUT2D eigenvalue weighted by Gasteiger charge is -2.20. The molecule has 0 radical (unpaired) electrons. The Bertz CT molecular complexity index is 826. The standard InChI is InChI=1S/C19H22BrN3O.2ClH/c1-11-17(19(24)23-7-6-12(9-21)10-23)15-8-14(20)4-5-16(15)22-18(11)13-2-3-13;;/h4-5,8,12-13H,2-3,6-7,9-10,21H2,1H3;2*1H. The highest BCUT2D eigenvalue weighted by atomic mass is 79.9. The molecule has 2 aliphatic rings. The summed E-state index contributed by atoms with van der Waals surface area (Å²) in [5.74, 6) is 1.09. The van der Waals surface area contributed by atoms with Crippen LogP contribution in [-0.2, 0) is 0 Å². The Hall–Kier alpha value is -0.880. The average Bonchev–Trinajstić information content (AvgIpc) is 3.30. The molecule has 0 spiro atoms. The van der Waals surface area contributed by atoms with Crippen LogP contribution in [0.2, 0.25) is 0 Å². The van der Waals surface area contributed by atoms with Crippen molar-refractivity contribution in [2.45, 2.75) is 32.1 Å². The van der Waals surface area contributed by atoms with Crippen LogP contribution in [0.15, 0.2) is 22.7 Å². The fourth-order valence-electron chi connectivity index (χ4n) is 3.75. The number of halogens is 3. The largest absolute Gasteiger partial charge is 0.338 e. The van der Waals surface area contributed by atoms with E-state index in [0.29, 0.717) is 18.4 Å². The molecule has 1 saturated carbocycles. The Morgan fingerprint density at radius 2 is 2.04 bits per heavy atom. The maximum Gasteiger partial charge on any atom is 0.254 e. The van der Waals surface area contributed by atoms with Gasteiger partial charge in [-0.1, -0.05) is 15.9 Å². The third kappa shape index (κ3) is 3.86. The van der Waals surface area contributed by atoms with Gasteiger partial charge in [0.2, 0.25) is 0 Å². The van der Waals surface area contributed by atoms with Gasteiger partial charge in [0.25, 0.3) is 5.91 Å². The van der Waals surface area contributed by atoms with Crippen LogP contribution in [0.1, 0.15) is 46.8 Å². The van der Waals surface area contributed by atoms with E-state index in [1.54, 1.807) is 0 Å². The first-order valence-corrected chi connectivity index (χ1v) is 9.47. The van der Waals surface area contributed by atoms with Gasteiger partial charge in [-0.2, -0.15) is 0 Å². The molecule has 0 bridgehead atoms. The molecule has 7 heteroatoms. The van der Waals surface area contributed by atoms with Crippen LogP contribution >= 0.6 is 40.7 Å². The first-order valence-electron chi connectivity index (χ1n) is 8.67. The lowest BCUT2D eigenvalue weighted by Crippen LogP contribution is -2.31. The summed E-state index contributed by atoms with van der Waals surface area (Å²) < 4.78 is 0.977. The van der Waals surface area contributed by atoms with E-state index in [1.807, 2.05) is 23.1 Å². The van der Waals surface area contributed by atoms with Crippen molar-refractivity contribution in [2.75, 3.05) is 19.6 Å². The van der Waals surface area contributed by atoms with Gasteiger partial charge in [0.05, 0.1) is 11.1 Å². The Labute approximate surface area is 174 Å². The van der Waals surface area contributed by atoms with E-state index in [4.69, 9.17) is 10.7 Å². The van der Waals surface area contributed by atoms with Crippen molar-refractivity contribution in [3.8, 4) is 0 Å². The zero-order chi connectivity index (χ0) is 16.8. The summed E-state index contributed by atoms with van der Waals surface area (Å²) in [6.45, 7) is 4.28. The van der Waals surface area contributed by atoms with Crippen LogP contribution < -0.4 is 5.73 Å². The number of nitrogens with two attached hydrogens (primary N) is 1. The molecule has 4 nitrogen and oxygen atoms in total. The molecule has 1 saturated heterocycles. The molecule has 1 aliphatic carbocycles. The Morgan fingerprint density at radius 1 is 1.31 bits per heavy atom. The summed E-state index contributed by atoms with van der Waals surface area (Å²) in [5.41, 5.74) is 9.72. The van der Waals surface area contributed by atoms with E-state index in [2.05, 4.69) is 22.9 Å². The van der Waals surface area contributed by atoms with Gasteiger partial charge >= 0.3 is 0 Å². The van der Waals surface area contributed by atoms with Crippen molar-refractivity contribution < 1.29 is 4.79 Å². The van der Waals surface area contributed by atoms with Gasteiger partial charge in [-0.05, 0) is 62.4 Å². The summed E-state index contributed by atoms with van der Waals surface area (Å²) in [6.07, 6.45) is 3.37.